The lowest BCUT2D eigenvalue weighted by Crippen LogP contribution is -2.60. The summed E-state index contributed by atoms with van der Waals surface area (Å²) in [5.41, 5.74) is 0.467. The molecule has 6 aliphatic rings. The number of nitrogens with zero attached hydrogens (tertiary/aromatic N) is 1. The molecular formula is C22H27NO5. The summed E-state index contributed by atoms with van der Waals surface area (Å²) in [6, 6.07) is 0.445. The summed E-state index contributed by atoms with van der Waals surface area (Å²) in [6.45, 7) is 7.21. The molecule has 0 aromatic carbocycles. The molecule has 5 saturated heterocycles. The predicted octanol–water partition coefficient (Wildman–Crippen LogP) is 2.87. The van der Waals surface area contributed by atoms with Crippen molar-refractivity contribution in [3.63, 3.8) is 0 Å². The van der Waals surface area contributed by atoms with Crippen molar-refractivity contribution in [2.75, 3.05) is 13.7 Å². The van der Waals surface area contributed by atoms with Crippen LogP contribution in [0, 0.1) is 17.8 Å². The molecule has 8 atom stereocenters. The van der Waals surface area contributed by atoms with Crippen molar-refractivity contribution in [3.8, 4) is 0 Å². The Morgan fingerprint density at radius 1 is 1.39 bits per heavy atom. The molecule has 0 aromatic rings. The Balaban J connectivity index is 1.49. The fourth-order valence-electron chi connectivity index (χ4n) is 7.22. The zero-order chi connectivity index (χ0) is 19.4. The molecule has 6 aliphatic heterocycles. The first-order valence-electron chi connectivity index (χ1n) is 10.5. The third-order valence-corrected chi connectivity index (χ3v) is 8.10. The zero-order valence-corrected chi connectivity index (χ0v) is 16.9. The largest absolute Gasteiger partial charge is 0.492 e. The molecule has 0 N–H and O–H groups in total. The van der Waals surface area contributed by atoms with Crippen molar-refractivity contribution in [2.45, 2.75) is 63.5 Å². The highest BCUT2D eigenvalue weighted by Crippen LogP contribution is 2.72. The molecule has 0 saturated carbocycles. The van der Waals surface area contributed by atoms with E-state index in [2.05, 4.69) is 30.9 Å². The Morgan fingerprint density at radius 2 is 2.21 bits per heavy atom. The minimum Gasteiger partial charge on any atom is -0.492 e. The first-order valence-corrected chi connectivity index (χ1v) is 10.5. The van der Waals surface area contributed by atoms with Gasteiger partial charge in [-0.25, -0.2) is 4.79 Å². The summed E-state index contributed by atoms with van der Waals surface area (Å²) in [7, 11) is 1.57. The van der Waals surface area contributed by atoms with Gasteiger partial charge in [0.05, 0.1) is 36.2 Å². The summed E-state index contributed by atoms with van der Waals surface area (Å²) in [6.07, 6.45) is 8.04. The van der Waals surface area contributed by atoms with Gasteiger partial charge in [-0.15, -0.1) is 0 Å². The molecule has 6 heterocycles. The van der Waals surface area contributed by atoms with Crippen LogP contribution in [-0.2, 0) is 23.7 Å². The summed E-state index contributed by atoms with van der Waals surface area (Å²) in [5, 5.41) is 0. The molecule has 5 fully saturated rings. The van der Waals surface area contributed by atoms with E-state index in [-0.39, 0.29) is 29.4 Å². The molecule has 6 heteroatoms. The van der Waals surface area contributed by atoms with Crippen LogP contribution in [0.15, 0.2) is 35.0 Å². The molecule has 0 radical (unpaired) electrons. The fourth-order valence-corrected chi connectivity index (χ4v) is 7.22. The molecule has 6 rings (SSSR count). The van der Waals surface area contributed by atoms with Crippen LogP contribution in [0.25, 0.3) is 0 Å². The second-order valence-corrected chi connectivity index (χ2v) is 9.02. The summed E-state index contributed by atoms with van der Waals surface area (Å²) in [5.74, 6) is 1.38. The van der Waals surface area contributed by atoms with Crippen molar-refractivity contribution in [1.29, 1.82) is 0 Å². The van der Waals surface area contributed by atoms with Gasteiger partial charge in [0.1, 0.15) is 5.76 Å². The maximum Gasteiger partial charge on any atom is 0.343 e. The number of allylic oxidation sites excluding steroid dienone is 2. The number of piperidine rings is 1. The van der Waals surface area contributed by atoms with Crippen LogP contribution in [0.3, 0.4) is 0 Å². The Bertz CT molecular complexity index is 874. The van der Waals surface area contributed by atoms with E-state index in [0.717, 1.165) is 31.6 Å². The second kappa shape index (κ2) is 5.22. The quantitative estimate of drug-likeness (QED) is 0.550. The number of carbonyl (C=O) groups excluding carboxylic acids is 1. The van der Waals surface area contributed by atoms with E-state index in [1.54, 1.807) is 14.0 Å². The van der Waals surface area contributed by atoms with Gasteiger partial charge < -0.3 is 18.9 Å². The van der Waals surface area contributed by atoms with Gasteiger partial charge in [-0.3, -0.25) is 4.90 Å². The number of cyclic esters (lactones) is 1. The highest BCUT2D eigenvalue weighted by Gasteiger charge is 2.83. The maximum absolute atomic E-state index is 12.2. The van der Waals surface area contributed by atoms with Crippen LogP contribution in [-0.4, -0.2) is 48.0 Å². The van der Waals surface area contributed by atoms with Gasteiger partial charge in [-0.1, -0.05) is 26.0 Å². The average molecular weight is 385 g/mol. The lowest BCUT2D eigenvalue weighted by atomic mass is 9.71. The number of rotatable bonds is 3. The van der Waals surface area contributed by atoms with Gasteiger partial charge in [-0.05, 0) is 26.2 Å². The van der Waals surface area contributed by atoms with Gasteiger partial charge in [0, 0.05) is 18.5 Å². The molecule has 150 valence electrons. The molecular weight excluding hydrogens is 358 g/mol. The topological polar surface area (TPSA) is 57.2 Å². The Morgan fingerprint density at radius 3 is 2.96 bits per heavy atom. The van der Waals surface area contributed by atoms with Crippen LogP contribution in [0.4, 0.5) is 0 Å². The Labute approximate surface area is 165 Å². The summed E-state index contributed by atoms with van der Waals surface area (Å²) in [4.78, 5) is 14.9. The third kappa shape index (κ3) is 1.60. The van der Waals surface area contributed by atoms with Crippen LogP contribution >= 0.6 is 0 Å². The number of hydrogen-bond donors (Lipinski definition) is 0. The van der Waals surface area contributed by atoms with E-state index >= 15 is 0 Å². The van der Waals surface area contributed by atoms with E-state index in [9.17, 15) is 4.79 Å². The molecule has 6 nitrogen and oxygen atoms in total. The van der Waals surface area contributed by atoms with Crippen LogP contribution in [0.2, 0.25) is 0 Å². The number of carbonyl (C=O) groups is 1. The summed E-state index contributed by atoms with van der Waals surface area (Å²) >= 11 is 0. The highest BCUT2D eigenvalue weighted by atomic mass is 16.7. The molecule has 0 aliphatic carbocycles. The van der Waals surface area contributed by atoms with Crippen LogP contribution < -0.4 is 0 Å². The SMILES string of the molecule is CC/C=C/C12[C@@H]3C[C@H]4[C@H]5[C@H](C)/C(=C6/OC(=O)C(C)=C6OC)O[C@]5(O3)[C@H]1CCN42. The third-order valence-electron chi connectivity index (χ3n) is 8.10. The molecule has 1 spiro atoms. The minimum absolute atomic E-state index is 0.0286. The second-order valence-electron chi connectivity index (χ2n) is 9.02. The lowest BCUT2D eigenvalue weighted by Gasteiger charge is -2.47. The van der Waals surface area contributed by atoms with E-state index < -0.39 is 5.79 Å². The Hall–Kier alpha value is -1.79. The molecule has 0 aromatic heterocycles. The molecule has 5 bridgehead atoms. The lowest BCUT2D eigenvalue weighted by molar-refractivity contribution is -0.255. The van der Waals surface area contributed by atoms with Crippen molar-refractivity contribution < 1.29 is 23.7 Å². The van der Waals surface area contributed by atoms with Crippen molar-refractivity contribution >= 4 is 5.97 Å². The van der Waals surface area contributed by atoms with Crippen molar-refractivity contribution in [2.24, 2.45) is 17.8 Å². The zero-order valence-electron chi connectivity index (χ0n) is 16.9. The van der Waals surface area contributed by atoms with E-state index in [0.29, 0.717) is 29.1 Å². The van der Waals surface area contributed by atoms with Crippen LogP contribution in [0.1, 0.15) is 40.0 Å². The number of esters is 1. The molecule has 2 unspecified atom stereocenters. The minimum atomic E-state index is -0.609. The normalized spacial score (nSPS) is 52.8. The number of ether oxygens (including phenoxy) is 4. The maximum atomic E-state index is 12.2. The van der Waals surface area contributed by atoms with Gasteiger partial charge in [-0.2, -0.15) is 0 Å². The van der Waals surface area contributed by atoms with E-state index in [1.807, 2.05) is 0 Å². The smallest absolute Gasteiger partial charge is 0.343 e. The predicted molar refractivity (Wildman–Crippen MR) is 99.6 cm³/mol. The van der Waals surface area contributed by atoms with Gasteiger partial charge in [0.15, 0.2) is 5.76 Å². The molecule has 0 amide bonds. The van der Waals surface area contributed by atoms with Crippen molar-refractivity contribution in [3.05, 3.63) is 35.0 Å². The van der Waals surface area contributed by atoms with E-state index in [4.69, 9.17) is 18.9 Å². The first kappa shape index (κ1) is 17.1. The first-order chi connectivity index (χ1) is 13.5. The number of methoxy groups -OCH3 is 1. The van der Waals surface area contributed by atoms with E-state index in [1.165, 1.54) is 0 Å². The highest BCUT2D eigenvalue weighted by molar-refractivity contribution is 5.93. The van der Waals surface area contributed by atoms with Crippen LogP contribution in [0.5, 0.6) is 0 Å². The standard InChI is InChI=1S/C22H27NO5/c1-5-6-8-21-14-7-9-23(21)13-10-15(21)27-22(14)16(13)11(2)18(28-22)19-17(25-4)12(3)20(24)26-19/h6,8,11,13-16H,5,7,9-10H2,1-4H3/b8-6+,19-18-/t11-,13-,14-,15-,16+,21?,22+/m0/s1. The monoisotopic (exact) mass is 385 g/mol. The summed E-state index contributed by atoms with van der Waals surface area (Å²) < 4.78 is 24.5. The van der Waals surface area contributed by atoms with Gasteiger partial charge in [0.25, 0.3) is 0 Å². The fraction of sp³-hybridized carbons (Fsp3) is 0.682. The van der Waals surface area contributed by atoms with Gasteiger partial charge >= 0.3 is 5.97 Å². The molecule has 28 heavy (non-hydrogen) atoms. The number of fused-ring (bicyclic) bond motifs is 1. The number of hydrogen-bond acceptors (Lipinski definition) is 6. The average Bonchev–Trinajstić information content (AvgIpc) is 3.38. The van der Waals surface area contributed by atoms with Crippen molar-refractivity contribution in [1.82, 2.24) is 4.90 Å². The van der Waals surface area contributed by atoms with Gasteiger partial charge in [0.2, 0.25) is 11.5 Å². The Kier molecular flexibility index (Phi) is 3.19.